The second-order valence-electron chi connectivity index (χ2n) is 5.90. The average Bonchev–Trinajstić information content (AvgIpc) is 2.68. The van der Waals surface area contributed by atoms with Gasteiger partial charge in [0.25, 0.3) is 0 Å². The van der Waals surface area contributed by atoms with Crippen molar-refractivity contribution in [2.24, 2.45) is 4.99 Å². The molecule has 0 saturated carbocycles. The summed E-state index contributed by atoms with van der Waals surface area (Å²) in [7, 11) is 0. The lowest BCUT2D eigenvalue weighted by Crippen LogP contribution is -1.94. The molecule has 0 aromatic heterocycles. The van der Waals surface area contributed by atoms with Gasteiger partial charge in [-0.15, -0.1) is 0 Å². The smallest absolute Gasteiger partial charge is 0.105 e. The van der Waals surface area contributed by atoms with Crippen molar-refractivity contribution >= 4 is 34.3 Å². The lowest BCUT2D eigenvalue weighted by molar-refractivity contribution is 1.38. The highest BCUT2D eigenvalue weighted by Crippen LogP contribution is 2.29. The number of aliphatic imine (C=N–C) groups is 1. The third kappa shape index (κ3) is 5.65. The summed E-state index contributed by atoms with van der Waals surface area (Å²) in [5, 5.41) is 3.20. The zero-order chi connectivity index (χ0) is 18.2. The minimum Gasteiger partial charge on any atom is -0.241 e. The number of hydrogen-bond donors (Lipinski definition) is 0. The van der Waals surface area contributed by atoms with Gasteiger partial charge in [-0.3, -0.25) is 0 Å². The first-order valence-electron chi connectivity index (χ1n) is 8.48. The first-order chi connectivity index (χ1) is 12.7. The summed E-state index contributed by atoms with van der Waals surface area (Å²) < 4.78 is 0. The minimum atomic E-state index is 0.971. The van der Waals surface area contributed by atoms with E-state index in [0.717, 1.165) is 16.3 Å². The largest absolute Gasteiger partial charge is 0.241 e. The molecular formula is C23H21NS2. The fraction of sp³-hybridized carbons (Fsp3) is 0.0870. The molecule has 0 N–H and O–H groups in total. The minimum absolute atomic E-state index is 0.971. The first kappa shape index (κ1) is 18.6. The highest BCUT2D eigenvalue weighted by Gasteiger charge is 2.06. The van der Waals surface area contributed by atoms with Crippen LogP contribution in [0.3, 0.4) is 0 Å². The van der Waals surface area contributed by atoms with E-state index in [0.29, 0.717) is 0 Å². The number of benzene rings is 3. The van der Waals surface area contributed by atoms with Crippen molar-refractivity contribution in [3.05, 3.63) is 101 Å². The van der Waals surface area contributed by atoms with Crippen molar-refractivity contribution in [2.45, 2.75) is 23.6 Å². The van der Waals surface area contributed by atoms with Gasteiger partial charge in [0.1, 0.15) is 5.04 Å². The Morgan fingerprint density at radius 1 is 0.769 bits per heavy atom. The molecular weight excluding hydrogens is 354 g/mol. The van der Waals surface area contributed by atoms with Crippen LogP contribution in [-0.2, 0) is 0 Å². The maximum absolute atomic E-state index is 4.88. The molecule has 3 aromatic rings. The van der Waals surface area contributed by atoms with Gasteiger partial charge in [-0.25, -0.2) is 4.99 Å². The Hall–Kier alpha value is -2.23. The fourth-order valence-electron chi connectivity index (χ4n) is 2.24. The molecule has 0 amide bonds. The van der Waals surface area contributed by atoms with Crippen LogP contribution < -0.4 is 0 Å². The van der Waals surface area contributed by atoms with Gasteiger partial charge in [-0.05, 0) is 61.2 Å². The molecule has 0 aliphatic heterocycles. The standard InChI is InChI=1S/C23H21NS2/c1-18-13-15-21(16-14-18)25-17-19(2)23(24-20-9-5-3-6-10-20)26-22-11-7-4-8-12-22/h3-17H,1-2H3/b19-17?,24-23+. The van der Waals surface area contributed by atoms with Crippen LogP contribution in [-0.4, -0.2) is 5.04 Å². The van der Waals surface area contributed by atoms with Crippen molar-refractivity contribution in [2.75, 3.05) is 0 Å². The molecule has 0 radical (unpaired) electrons. The maximum atomic E-state index is 4.88. The number of hydrogen-bond acceptors (Lipinski definition) is 3. The summed E-state index contributed by atoms with van der Waals surface area (Å²) in [5.41, 5.74) is 3.41. The molecule has 130 valence electrons. The molecule has 1 nitrogen and oxygen atoms in total. The summed E-state index contributed by atoms with van der Waals surface area (Å²) in [4.78, 5) is 7.30. The van der Waals surface area contributed by atoms with E-state index >= 15 is 0 Å². The summed E-state index contributed by atoms with van der Waals surface area (Å²) in [6, 6.07) is 29.1. The van der Waals surface area contributed by atoms with Crippen LogP contribution in [0.4, 0.5) is 5.69 Å². The fourth-order valence-corrected chi connectivity index (χ4v) is 3.91. The summed E-state index contributed by atoms with van der Waals surface area (Å²) in [6.07, 6.45) is 0. The molecule has 0 unspecified atom stereocenters. The van der Waals surface area contributed by atoms with Gasteiger partial charge in [-0.1, -0.05) is 77.6 Å². The quantitative estimate of drug-likeness (QED) is 0.260. The van der Waals surface area contributed by atoms with Gasteiger partial charge in [-0.2, -0.15) is 0 Å². The van der Waals surface area contributed by atoms with Crippen LogP contribution in [0.1, 0.15) is 12.5 Å². The number of aryl methyl sites for hydroxylation is 1. The molecule has 26 heavy (non-hydrogen) atoms. The molecule has 0 spiro atoms. The van der Waals surface area contributed by atoms with Gasteiger partial charge >= 0.3 is 0 Å². The van der Waals surface area contributed by atoms with Crippen molar-refractivity contribution in [1.29, 1.82) is 0 Å². The van der Waals surface area contributed by atoms with Gasteiger partial charge in [0.15, 0.2) is 0 Å². The highest BCUT2D eigenvalue weighted by molar-refractivity contribution is 8.14. The molecule has 0 atom stereocenters. The van der Waals surface area contributed by atoms with Crippen LogP contribution in [0.25, 0.3) is 0 Å². The average molecular weight is 376 g/mol. The van der Waals surface area contributed by atoms with Crippen LogP contribution in [0, 0.1) is 6.92 Å². The predicted molar refractivity (Wildman–Crippen MR) is 117 cm³/mol. The van der Waals surface area contributed by atoms with E-state index in [-0.39, 0.29) is 0 Å². The van der Waals surface area contributed by atoms with Crippen molar-refractivity contribution in [1.82, 2.24) is 0 Å². The van der Waals surface area contributed by atoms with Crippen LogP contribution >= 0.6 is 23.5 Å². The topological polar surface area (TPSA) is 12.4 Å². The van der Waals surface area contributed by atoms with E-state index in [2.05, 4.69) is 67.8 Å². The van der Waals surface area contributed by atoms with Crippen molar-refractivity contribution < 1.29 is 0 Å². The van der Waals surface area contributed by atoms with Crippen LogP contribution in [0.2, 0.25) is 0 Å². The molecule has 3 heteroatoms. The SMILES string of the molecule is CC(=CSc1ccc(C)cc1)/C(=N\c1ccccc1)Sc1ccccc1. The normalized spacial score (nSPS) is 12.2. The number of nitrogens with zero attached hydrogens (tertiary/aromatic N) is 1. The Morgan fingerprint density at radius 2 is 1.38 bits per heavy atom. The Balaban J connectivity index is 1.85. The lowest BCUT2D eigenvalue weighted by Gasteiger charge is -2.08. The molecule has 3 rings (SSSR count). The summed E-state index contributed by atoms with van der Waals surface area (Å²) in [6.45, 7) is 4.23. The van der Waals surface area contributed by atoms with Gasteiger partial charge in [0, 0.05) is 9.79 Å². The van der Waals surface area contributed by atoms with Crippen molar-refractivity contribution in [3.63, 3.8) is 0 Å². The van der Waals surface area contributed by atoms with Gasteiger partial charge in [0.2, 0.25) is 0 Å². The number of thioether (sulfide) groups is 2. The second-order valence-corrected chi connectivity index (χ2v) is 7.90. The monoisotopic (exact) mass is 375 g/mol. The molecule has 3 aromatic carbocycles. The summed E-state index contributed by atoms with van der Waals surface area (Å²) >= 11 is 3.43. The predicted octanol–water partition coefficient (Wildman–Crippen LogP) is 7.51. The Morgan fingerprint density at radius 3 is 2.04 bits per heavy atom. The summed E-state index contributed by atoms with van der Waals surface area (Å²) in [5.74, 6) is 0. The second kappa shape index (κ2) is 9.46. The van der Waals surface area contributed by atoms with E-state index in [4.69, 9.17) is 4.99 Å². The van der Waals surface area contributed by atoms with Gasteiger partial charge < -0.3 is 0 Å². The van der Waals surface area contributed by atoms with Crippen LogP contribution in [0.15, 0.2) is 111 Å². The third-order valence-electron chi connectivity index (χ3n) is 3.67. The lowest BCUT2D eigenvalue weighted by atomic mass is 10.2. The Bertz CT molecular complexity index is 883. The molecule has 0 fully saturated rings. The number of rotatable bonds is 5. The van der Waals surface area contributed by atoms with Gasteiger partial charge in [0.05, 0.1) is 5.69 Å². The molecule has 0 aliphatic rings. The Labute approximate surface area is 164 Å². The van der Waals surface area contributed by atoms with Crippen molar-refractivity contribution in [3.8, 4) is 0 Å². The maximum Gasteiger partial charge on any atom is 0.105 e. The molecule has 0 saturated heterocycles. The first-order valence-corrected chi connectivity index (χ1v) is 10.2. The van der Waals surface area contributed by atoms with Crippen LogP contribution in [0.5, 0.6) is 0 Å². The van der Waals surface area contributed by atoms with E-state index in [9.17, 15) is 0 Å². The van der Waals surface area contributed by atoms with E-state index < -0.39 is 0 Å². The molecule has 0 heterocycles. The zero-order valence-corrected chi connectivity index (χ0v) is 16.6. The molecule has 0 bridgehead atoms. The highest BCUT2D eigenvalue weighted by atomic mass is 32.2. The molecule has 0 aliphatic carbocycles. The van der Waals surface area contributed by atoms with E-state index in [1.165, 1.54) is 15.4 Å². The third-order valence-corrected chi connectivity index (χ3v) is 5.80. The van der Waals surface area contributed by atoms with E-state index in [1.807, 2.05) is 36.4 Å². The van der Waals surface area contributed by atoms with E-state index in [1.54, 1.807) is 23.5 Å². The number of para-hydroxylation sites is 1. The zero-order valence-electron chi connectivity index (χ0n) is 14.9. The Kier molecular flexibility index (Phi) is 6.75.